The second-order valence-electron chi connectivity index (χ2n) is 13.1. The lowest BCUT2D eigenvalue weighted by Gasteiger charge is -2.28. The Morgan fingerprint density at radius 1 is 0.415 bits per heavy atom. The molecule has 53 heavy (non-hydrogen) atoms. The van der Waals surface area contributed by atoms with Gasteiger partial charge in [-0.1, -0.05) is 140 Å². The molecule has 0 aliphatic rings. The lowest BCUT2D eigenvalue weighted by Crippen LogP contribution is -2.11. The van der Waals surface area contributed by atoms with Crippen LogP contribution in [0.15, 0.2) is 199 Å². The second kappa shape index (κ2) is 13.1. The highest BCUT2D eigenvalue weighted by Gasteiger charge is 2.21. The van der Waals surface area contributed by atoms with Crippen molar-refractivity contribution in [3.8, 4) is 44.8 Å². The summed E-state index contributed by atoms with van der Waals surface area (Å²) in [6, 6.07) is 68.5. The van der Waals surface area contributed by atoms with Crippen LogP contribution in [-0.2, 0) is 0 Å². The van der Waals surface area contributed by atoms with Crippen molar-refractivity contribution in [2.75, 3.05) is 4.90 Å². The van der Waals surface area contributed by atoms with Gasteiger partial charge < -0.3 is 9.32 Å². The van der Waals surface area contributed by atoms with Crippen LogP contribution < -0.4 is 4.90 Å². The predicted molar refractivity (Wildman–Crippen MR) is 223 cm³/mol. The number of rotatable bonds is 7. The summed E-state index contributed by atoms with van der Waals surface area (Å²) in [4.78, 5) is 7.46. The number of hydrogen-bond donors (Lipinski definition) is 0. The zero-order valence-electron chi connectivity index (χ0n) is 28.7. The van der Waals surface area contributed by atoms with E-state index in [2.05, 4.69) is 163 Å². The maximum absolute atomic E-state index is 6.63. The number of nitrogens with zero attached hydrogens (tertiary/aromatic N) is 2. The normalized spacial score (nSPS) is 11.4. The van der Waals surface area contributed by atoms with Gasteiger partial charge >= 0.3 is 0 Å². The lowest BCUT2D eigenvalue weighted by atomic mass is 9.98. The third-order valence-corrected chi connectivity index (χ3v) is 11.1. The van der Waals surface area contributed by atoms with Crippen molar-refractivity contribution < 1.29 is 4.42 Å². The highest BCUT2D eigenvalue weighted by Crippen LogP contribution is 2.45. The van der Waals surface area contributed by atoms with Crippen LogP contribution in [-0.4, -0.2) is 4.98 Å². The van der Waals surface area contributed by atoms with E-state index in [0.29, 0.717) is 5.89 Å². The number of oxazole rings is 1. The van der Waals surface area contributed by atoms with Gasteiger partial charge in [0, 0.05) is 53.8 Å². The summed E-state index contributed by atoms with van der Waals surface area (Å²) < 4.78 is 9.19. The van der Waals surface area contributed by atoms with Crippen LogP contribution in [0.5, 0.6) is 0 Å². The number of anilines is 3. The second-order valence-corrected chi connectivity index (χ2v) is 14.2. The molecule has 2 heterocycles. The van der Waals surface area contributed by atoms with Crippen molar-refractivity contribution in [3.05, 3.63) is 194 Å². The van der Waals surface area contributed by atoms with Crippen molar-refractivity contribution in [1.82, 2.24) is 4.98 Å². The van der Waals surface area contributed by atoms with Gasteiger partial charge in [-0.3, -0.25) is 0 Å². The molecule has 0 amide bonds. The minimum atomic E-state index is 0.613. The van der Waals surface area contributed by atoms with E-state index in [9.17, 15) is 0 Å². The Kier molecular flexibility index (Phi) is 7.67. The Balaban J connectivity index is 1.13. The fourth-order valence-corrected chi connectivity index (χ4v) is 8.53. The molecule has 10 aromatic rings. The first-order valence-corrected chi connectivity index (χ1v) is 18.6. The molecule has 250 valence electrons. The fourth-order valence-electron chi connectivity index (χ4n) is 7.39. The van der Waals surface area contributed by atoms with Crippen molar-refractivity contribution >= 4 is 59.7 Å². The van der Waals surface area contributed by atoms with E-state index in [1.807, 2.05) is 47.7 Å². The molecule has 10 rings (SSSR count). The van der Waals surface area contributed by atoms with E-state index in [0.717, 1.165) is 56.0 Å². The van der Waals surface area contributed by atoms with E-state index in [1.54, 1.807) is 0 Å². The Bertz CT molecular complexity index is 2880. The summed E-state index contributed by atoms with van der Waals surface area (Å²) in [5.41, 5.74) is 12.4. The summed E-state index contributed by atoms with van der Waals surface area (Å²) in [6.45, 7) is 0. The van der Waals surface area contributed by atoms with Crippen molar-refractivity contribution in [2.24, 2.45) is 0 Å². The molecule has 3 nitrogen and oxygen atoms in total. The third-order valence-electron chi connectivity index (χ3n) is 9.94. The van der Waals surface area contributed by atoms with Gasteiger partial charge in [0.15, 0.2) is 5.58 Å². The van der Waals surface area contributed by atoms with Gasteiger partial charge in [0.25, 0.3) is 0 Å². The molecule has 0 bridgehead atoms. The quantitative estimate of drug-likeness (QED) is 0.166. The van der Waals surface area contributed by atoms with Crippen LogP contribution in [0.2, 0.25) is 0 Å². The molecule has 8 aromatic carbocycles. The molecular weight excluding hydrogens is 665 g/mol. The van der Waals surface area contributed by atoms with E-state index < -0.39 is 0 Å². The highest BCUT2D eigenvalue weighted by molar-refractivity contribution is 7.25. The smallest absolute Gasteiger partial charge is 0.227 e. The molecule has 2 aromatic heterocycles. The van der Waals surface area contributed by atoms with Gasteiger partial charge in [-0.25, -0.2) is 4.98 Å². The summed E-state index contributed by atoms with van der Waals surface area (Å²) in [5.74, 6) is 0.613. The van der Waals surface area contributed by atoms with Gasteiger partial charge in [0.05, 0.1) is 5.69 Å². The van der Waals surface area contributed by atoms with Gasteiger partial charge in [0.2, 0.25) is 5.89 Å². The first kappa shape index (κ1) is 31.0. The molecule has 0 fully saturated rings. The van der Waals surface area contributed by atoms with Gasteiger partial charge in [-0.05, 0) is 71.3 Å². The monoisotopic (exact) mass is 696 g/mol. The molecule has 0 radical (unpaired) electrons. The lowest BCUT2D eigenvalue weighted by molar-refractivity contribution is 0.621. The van der Waals surface area contributed by atoms with Crippen LogP contribution in [0.3, 0.4) is 0 Å². The number of fused-ring (bicyclic) bond motifs is 4. The SMILES string of the molecule is c1ccc(-c2nc3c(-c4ccccc4)ccc(-c4ccc(N(c5ccc6c(c5)sc5ccccc56)c5ccccc5-c5ccccc5)cc4)c3o2)cc1. The Hall–Kier alpha value is -6.75. The van der Waals surface area contributed by atoms with E-state index in [4.69, 9.17) is 9.40 Å². The molecule has 0 atom stereocenters. The van der Waals surface area contributed by atoms with Crippen LogP contribution >= 0.6 is 11.3 Å². The molecular formula is C49H32N2OS. The Labute approximate surface area is 311 Å². The zero-order chi connectivity index (χ0) is 35.1. The standard InChI is InChI=1S/C49H32N2OS/c1-4-14-33(15-5-1)39-20-10-12-22-44(39)51(38-28-29-43-42-21-11-13-23-45(42)53-46(43)32-38)37-26-24-35(25-27-37)41-31-30-40(34-16-6-2-7-17-34)47-48(41)52-49(50-47)36-18-8-3-9-19-36/h1-32H. The number of hydrogen-bond acceptors (Lipinski definition) is 4. The van der Waals surface area contributed by atoms with Crippen LogP contribution in [0, 0.1) is 0 Å². The Morgan fingerprint density at radius 2 is 0.981 bits per heavy atom. The van der Waals surface area contributed by atoms with Gasteiger partial charge in [-0.2, -0.15) is 0 Å². The maximum Gasteiger partial charge on any atom is 0.227 e. The molecule has 0 N–H and O–H groups in total. The molecule has 0 aliphatic carbocycles. The number of aromatic nitrogens is 1. The largest absolute Gasteiger partial charge is 0.435 e. The van der Waals surface area contributed by atoms with Crippen molar-refractivity contribution in [2.45, 2.75) is 0 Å². The van der Waals surface area contributed by atoms with E-state index in [-0.39, 0.29) is 0 Å². The summed E-state index contributed by atoms with van der Waals surface area (Å²) in [5, 5.41) is 2.58. The number of para-hydroxylation sites is 1. The summed E-state index contributed by atoms with van der Waals surface area (Å²) >= 11 is 1.84. The van der Waals surface area contributed by atoms with Crippen LogP contribution in [0.4, 0.5) is 17.1 Å². The Morgan fingerprint density at radius 3 is 1.74 bits per heavy atom. The summed E-state index contributed by atoms with van der Waals surface area (Å²) in [7, 11) is 0. The number of thiophene rings is 1. The summed E-state index contributed by atoms with van der Waals surface area (Å²) in [6.07, 6.45) is 0. The van der Waals surface area contributed by atoms with E-state index >= 15 is 0 Å². The minimum absolute atomic E-state index is 0.613. The molecule has 0 saturated heterocycles. The highest BCUT2D eigenvalue weighted by atomic mass is 32.1. The molecule has 0 saturated carbocycles. The average molecular weight is 697 g/mol. The first-order valence-electron chi connectivity index (χ1n) is 17.8. The maximum atomic E-state index is 6.63. The van der Waals surface area contributed by atoms with E-state index in [1.165, 1.54) is 31.3 Å². The predicted octanol–water partition coefficient (Wildman–Crippen LogP) is 14.3. The molecule has 0 spiro atoms. The zero-order valence-corrected chi connectivity index (χ0v) is 29.5. The average Bonchev–Trinajstić information content (AvgIpc) is 3.85. The topological polar surface area (TPSA) is 29.3 Å². The first-order chi connectivity index (χ1) is 26.3. The van der Waals surface area contributed by atoms with Gasteiger partial charge in [-0.15, -0.1) is 11.3 Å². The fraction of sp³-hybridized carbons (Fsp3) is 0. The molecule has 4 heteroatoms. The third kappa shape index (κ3) is 5.57. The molecule has 0 aliphatic heterocycles. The van der Waals surface area contributed by atoms with Crippen molar-refractivity contribution in [1.29, 1.82) is 0 Å². The number of benzene rings is 8. The molecule has 0 unspecified atom stereocenters. The van der Waals surface area contributed by atoms with Crippen LogP contribution in [0.25, 0.3) is 76.1 Å². The van der Waals surface area contributed by atoms with Crippen LogP contribution in [0.1, 0.15) is 0 Å². The van der Waals surface area contributed by atoms with Crippen molar-refractivity contribution in [3.63, 3.8) is 0 Å². The van der Waals surface area contributed by atoms with Gasteiger partial charge in [0.1, 0.15) is 5.52 Å². The minimum Gasteiger partial charge on any atom is -0.435 e.